The van der Waals surface area contributed by atoms with E-state index in [9.17, 15) is 0 Å². The molecule has 0 spiro atoms. The molecule has 0 saturated heterocycles. The molecule has 0 heteroatoms. The molecule has 0 bridgehead atoms. The third-order valence-corrected chi connectivity index (χ3v) is 4.37. The van der Waals surface area contributed by atoms with Gasteiger partial charge in [-0.15, -0.1) is 0 Å². The number of benzene rings is 2. The minimum Gasteiger partial charge on any atom is -0.0789 e. The van der Waals surface area contributed by atoms with Crippen LogP contribution in [0.1, 0.15) is 37.5 Å². The van der Waals surface area contributed by atoms with Gasteiger partial charge in [0, 0.05) is 0 Å². The Kier molecular flexibility index (Phi) is 3.33. The highest BCUT2D eigenvalue weighted by Crippen LogP contribution is 2.60. The third-order valence-electron chi connectivity index (χ3n) is 4.37. The first kappa shape index (κ1) is 13.9. The largest absolute Gasteiger partial charge is 0.0789 e. The molecule has 1 unspecified atom stereocenters. The van der Waals surface area contributed by atoms with Crippen molar-refractivity contribution >= 4 is 5.57 Å². The van der Waals surface area contributed by atoms with Gasteiger partial charge in [0.05, 0.1) is 5.41 Å². The Labute approximate surface area is 127 Å². The Morgan fingerprint density at radius 2 is 1.48 bits per heavy atom. The minimum absolute atomic E-state index is 0.00928. The summed E-state index contributed by atoms with van der Waals surface area (Å²) in [6.07, 6.45) is 2.41. The number of rotatable bonds is 3. The quantitative estimate of drug-likeness (QED) is 0.631. The summed E-state index contributed by atoms with van der Waals surface area (Å²) in [6, 6.07) is 19.7. The summed E-state index contributed by atoms with van der Waals surface area (Å²) in [4.78, 5) is 0. The highest BCUT2D eigenvalue weighted by atomic mass is 14.5. The molecule has 0 fully saturated rings. The molecule has 106 valence electrons. The predicted molar refractivity (Wildman–Crippen MR) is 91.3 cm³/mol. The smallest absolute Gasteiger partial charge is 0.0604 e. The van der Waals surface area contributed by atoms with Crippen LogP contribution < -0.4 is 0 Å². The van der Waals surface area contributed by atoms with Crippen LogP contribution in [0.15, 0.2) is 71.8 Å². The second-order valence-electron chi connectivity index (χ2n) is 6.26. The Balaban J connectivity index is 2.10. The van der Waals surface area contributed by atoms with Crippen molar-refractivity contribution in [1.82, 2.24) is 0 Å². The summed E-state index contributed by atoms with van der Waals surface area (Å²) < 4.78 is 0. The van der Waals surface area contributed by atoms with Crippen LogP contribution in [0.4, 0.5) is 0 Å². The van der Waals surface area contributed by atoms with Crippen LogP contribution in [-0.2, 0) is 5.41 Å². The fourth-order valence-electron chi connectivity index (χ4n) is 3.35. The number of aryl methyl sites for hydroxylation is 1. The highest BCUT2D eigenvalue weighted by Gasteiger charge is 2.50. The van der Waals surface area contributed by atoms with Crippen molar-refractivity contribution in [3.8, 4) is 0 Å². The van der Waals surface area contributed by atoms with Gasteiger partial charge in [0.25, 0.3) is 0 Å². The molecule has 21 heavy (non-hydrogen) atoms. The average Bonchev–Trinajstić information content (AvgIpc) is 3.05. The third kappa shape index (κ3) is 2.25. The Morgan fingerprint density at radius 3 is 2.05 bits per heavy atom. The van der Waals surface area contributed by atoms with E-state index >= 15 is 0 Å². The monoisotopic (exact) mass is 274 g/mol. The molecule has 1 atom stereocenters. The molecule has 2 aromatic carbocycles. The lowest BCUT2D eigenvalue weighted by Crippen LogP contribution is -2.10. The van der Waals surface area contributed by atoms with Gasteiger partial charge < -0.3 is 0 Å². The number of hydrogen-bond donors (Lipinski definition) is 0. The van der Waals surface area contributed by atoms with E-state index in [1.807, 2.05) is 0 Å². The first-order valence-corrected chi connectivity index (χ1v) is 7.56. The van der Waals surface area contributed by atoms with Crippen LogP contribution in [0.25, 0.3) is 5.57 Å². The van der Waals surface area contributed by atoms with Crippen LogP contribution in [0.2, 0.25) is 0 Å². The summed E-state index contributed by atoms with van der Waals surface area (Å²) in [6.45, 7) is 8.77. The van der Waals surface area contributed by atoms with Crippen molar-refractivity contribution in [2.24, 2.45) is 0 Å². The van der Waals surface area contributed by atoms with Crippen molar-refractivity contribution in [2.75, 3.05) is 0 Å². The first-order chi connectivity index (χ1) is 10.1. The van der Waals surface area contributed by atoms with Crippen molar-refractivity contribution < 1.29 is 0 Å². The summed E-state index contributed by atoms with van der Waals surface area (Å²) in [5.74, 6) is 0. The molecule has 0 radical (unpaired) electrons. The van der Waals surface area contributed by atoms with E-state index in [0.29, 0.717) is 0 Å². The lowest BCUT2D eigenvalue weighted by Gasteiger charge is -2.18. The standard InChI is InChI=1S/C21H22/c1-15(2)14-21(19-8-6-5-7-9-19)17(4)20(21)18-12-10-16(3)11-13-18/h5-14H,1-4H3. The Bertz CT molecular complexity index is 710. The van der Waals surface area contributed by atoms with E-state index < -0.39 is 0 Å². The first-order valence-electron chi connectivity index (χ1n) is 7.56. The Morgan fingerprint density at radius 1 is 0.857 bits per heavy atom. The molecule has 0 aliphatic heterocycles. The van der Waals surface area contributed by atoms with Gasteiger partial charge >= 0.3 is 0 Å². The topological polar surface area (TPSA) is 0 Å². The van der Waals surface area contributed by atoms with Crippen LogP contribution in [-0.4, -0.2) is 0 Å². The predicted octanol–water partition coefficient (Wildman–Crippen LogP) is 5.69. The van der Waals surface area contributed by atoms with Crippen molar-refractivity contribution in [1.29, 1.82) is 0 Å². The van der Waals surface area contributed by atoms with Gasteiger partial charge in [-0.2, -0.15) is 0 Å². The molecular formula is C21H22. The molecule has 3 rings (SSSR count). The van der Waals surface area contributed by atoms with E-state index in [2.05, 4.69) is 88.4 Å². The number of allylic oxidation sites excluding steroid dienone is 4. The van der Waals surface area contributed by atoms with Gasteiger partial charge in [-0.05, 0) is 50.0 Å². The molecule has 1 aliphatic carbocycles. The van der Waals surface area contributed by atoms with Crippen molar-refractivity contribution in [3.05, 3.63) is 88.5 Å². The molecular weight excluding hydrogens is 252 g/mol. The molecule has 1 aliphatic rings. The summed E-state index contributed by atoms with van der Waals surface area (Å²) >= 11 is 0. The molecule has 0 aromatic heterocycles. The Hall–Kier alpha value is -2.08. The normalized spacial score (nSPS) is 20.4. The second kappa shape index (κ2) is 5.04. The number of hydrogen-bond acceptors (Lipinski definition) is 0. The SMILES string of the molecule is CC(C)=CC1(c2ccccc2)C(C)=C1c1ccc(C)cc1. The molecule has 0 saturated carbocycles. The molecule has 2 aromatic rings. The van der Waals surface area contributed by atoms with Crippen molar-refractivity contribution in [3.63, 3.8) is 0 Å². The van der Waals surface area contributed by atoms with E-state index in [1.165, 1.54) is 33.4 Å². The van der Waals surface area contributed by atoms with Crippen LogP contribution in [0.5, 0.6) is 0 Å². The van der Waals surface area contributed by atoms with Crippen LogP contribution in [0, 0.1) is 6.92 Å². The maximum Gasteiger partial charge on any atom is 0.0604 e. The van der Waals surface area contributed by atoms with Crippen LogP contribution in [0.3, 0.4) is 0 Å². The molecule has 0 nitrogen and oxygen atoms in total. The lowest BCUT2D eigenvalue weighted by atomic mass is 9.85. The van der Waals surface area contributed by atoms with Crippen molar-refractivity contribution in [2.45, 2.75) is 33.1 Å². The maximum absolute atomic E-state index is 2.41. The molecule has 0 amide bonds. The molecule has 0 N–H and O–H groups in total. The van der Waals surface area contributed by atoms with Gasteiger partial charge in [0.15, 0.2) is 0 Å². The van der Waals surface area contributed by atoms with E-state index in [0.717, 1.165) is 0 Å². The maximum atomic E-state index is 2.41. The zero-order chi connectivity index (χ0) is 15.0. The minimum atomic E-state index is 0.00928. The van der Waals surface area contributed by atoms with Gasteiger partial charge in [0.1, 0.15) is 0 Å². The summed E-state index contributed by atoms with van der Waals surface area (Å²) in [5, 5.41) is 0. The highest BCUT2D eigenvalue weighted by molar-refractivity contribution is 5.98. The lowest BCUT2D eigenvalue weighted by molar-refractivity contribution is 0.933. The van der Waals surface area contributed by atoms with Gasteiger partial charge in [-0.1, -0.05) is 71.8 Å². The summed E-state index contributed by atoms with van der Waals surface area (Å²) in [7, 11) is 0. The van der Waals surface area contributed by atoms with Gasteiger partial charge in [0.2, 0.25) is 0 Å². The average molecular weight is 274 g/mol. The summed E-state index contributed by atoms with van der Waals surface area (Å²) in [5.41, 5.74) is 8.34. The van der Waals surface area contributed by atoms with E-state index in [4.69, 9.17) is 0 Å². The zero-order valence-corrected chi connectivity index (χ0v) is 13.3. The van der Waals surface area contributed by atoms with E-state index in [1.54, 1.807) is 0 Å². The van der Waals surface area contributed by atoms with Gasteiger partial charge in [-0.3, -0.25) is 0 Å². The van der Waals surface area contributed by atoms with E-state index in [-0.39, 0.29) is 5.41 Å². The fraction of sp³-hybridized carbons (Fsp3) is 0.238. The zero-order valence-electron chi connectivity index (χ0n) is 13.3. The second-order valence-corrected chi connectivity index (χ2v) is 6.26. The molecule has 0 heterocycles. The van der Waals surface area contributed by atoms with Crippen LogP contribution >= 0.6 is 0 Å². The van der Waals surface area contributed by atoms with Gasteiger partial charge in [-0.25, -0.2) is 0 Å². The fourth-order valence-corrected chi connectivity index (χ4v) is 3.35.